The molecule has 0 spiro atoms. The van der Waals surface area contributed by atoms with E-state index in [-0.39, 0.29) is 0 Å². The molecule has 1 amide bonds. The number of nitrogens with one attached hydrogen (secondary N) is 2. The Morgan fingerprint density at radius 1 is 1.26 bits per heavy atom. The van der Waals surface area contributed by atoms with Crippen LogP contribution >= 0.6 is 0 Å². The average molecular weight is 382 g/mol. The van der Waals surface area contributed by atoms with Gasteiger partial charge >= 0.3 is 6.18 Å². The van der Waals surface area contributed by atoms with Gasteiger partial charge in [0.25, 0.3) is 5.56 Å². The molecule has 1 saturated carbocycles. The van der Waals surface area contributed by atoms with Crippen LogP contribution in [-0.4, -0.2) is 20.7 Å². The number of nitrogens with zero attached hydrogens (tertiary/aromatic N) is 2. The monoisotopic (exact) mass is 382 g/mol. The van der Waals surface area contributed by atoms with Crippen molar-refractivity contribution < 1.29 is 18.0 Å². The number of carbonyl (C=O) groups is 1. The molecule has 2 aromatic heterocycles. The second kappa shape index (κ2) is 7.98. The lowest BCUT2D eigenvalue weighted by Gasteiger charge is -2.20. The van der Waals surface area contributed by atoms with Gasteiger partial charge in [-0.3, -0.25) is 14.7 Å². The molecule has 2 aromatic rings. The van der Waals surface area contributed by atoms with Gasteiger partial charge in [-0.2, -0.15) is 18.3 Å². The summed E-state index contributed by atoms with van der Waals surface area (Å²) in [6.45, 7) is -0.520. The largest absolute Gasteiger partial charge is 0.417 e. The molecule has 2 N–H and O–H groups in total. The Labute approximate surface area is 153 Å². The molecular formula is C18H21F3N4O2. The normalized spacial score (nSPS) is 15.7. The highest BCUT2D eigenvalue weighted by Gasteiger charge is 2.31. The van der Waals surface area contributed by atoms with Crippen LogP contribution in [0.3, 0.4) is 0 Å². The van der Waals surface area contributed by atoms with Gasteiger partial charge in [-0.15, -0.1) is 0 Å². The SMILES string of the molecule is O=C(Cn1cc(C(F)(F)F)ccc1=O)Nc1cc(CC2CCCCC2)[nH]n1. The Morgan fingerprint density at radius 3 is 2.70 bits per heavy atom. The first-order chi connectivity index (χ1) is 12.8. The third kappa shape index (κ3) is 5.21. The first-order valence-corrected chi connectivity index (χ1v) is 8.93. The van der Waals surface area contributed by atoms with Gasteiger partial charge < -0.3 is 9.88 Å². The van der Waals surface area contributed by atoms with E-state index in [0.29, 0.717) is 24.0 Å². The number of rotatable bonds is 5. The van der Waals surface area contributed by atoms with Crippen LogP contribution in [0.2, 0.25) is 0 Å². The van der Waals surface area contributed by atoms with Crippen LogP contribution in [0.1, 0.15) is 43.4 Å². The van der Waals surface area contributed by atoms with Gasteiger partial charge in [-0.05, 0) is 18.4 Å². The number of hydrogen-bond acceptors (Lipinski definition) is 3. The zero-order chi connectivity index (χ0) is 19.4. The van der Waals surface area contributed by atoms with Crippen molar-refractivity contribution >= 4 is 11.7 Å². The van der Waals surface area contributed by atoms with Crippen LogP contribution in [-0.2, 0) is 23.9 Å². The summed E-state index contributed by atoms with van der Waals surface area (Å²) in [7, 11) is 0. The van der Waals surface area contributed by atoms with Crippen LogP contribution in [0.4, 0.5) is 19.0 Å². The quantitative estimate of drug-likeness (QED) is 0.832. The Bertz CT molecular complexity index is 851. The molecule has 1 aliphatic rings. The summed E-state index contributed by atoms with van der Waals surface area (Å²) < 4.78 is 39.0. The minimum absolute atomic E-state index is 0.297. The molecule has 0 radical (unpaired) electrons. The lowest BCUT2D eigenvalue weighted by Crippen LogP contribution is -2.28. The highest BCUT2D eigenvalue weighted by atomic mass is 19.4. The molecule has 2 heterocycles. The van der Waals surface area contributed by atoms with Crippen LogP contribution in [0.5, 0.6) is 0 Å². The summed E-state index contributed by atoms with van der Waals surface area (Å²) in [6, 6.07) is 3.22. The number of aromatic amines is 1. The van der Waals surface area contributed by atoms with Crippen molar-refractivity contribution in [3.8, 4) is 0 Å². The Balaban J connectivity index is 1.60. The standard InChI is InChI=1S/C18H21F3N4O2/c19-18(20,21)13-6-7-17(27)25(10-13)11-16(26)22-15-9-14(23-24-15)8-12-4-2-1-3-5-12/h6-7,9-10,12H,1-5,8,11H2,(H2,22,23,24,26). The second-order valence-corrected chi connectivity index (χ2v) is 6.92. The molecule has 1 fully saturated rings. The van der Waals surface area contributed by atoms with E-state index in [1.807, 2.05) is 0 Å². The van der Waals surface area contributed by atoms with Gasteiger partial charge in [0, 0.05) is 24.0 Å². The van der Waals surface area contributed by atoms with E-state index in [9.17, 15) is 22.8 Å². The Hall–Kier alpha value is -2.58. The minimum Gasteiger partial charge on any atom is -0.308 e. The van der Waals surface area contributed by atoms with Gasteiger partial charge in [0.15, 0.2) is 5.82 Å². The number of pyridine rings is 1. The highest BCUT2D eigenvalue weighted by molar-refractivity contribution is 5.89. The smallest absolute Gasteiger partial charge is 0.308 e. The molecule has 146 valence electrons. The zero-order valence-electron chi connectivity index (χ0n) is 14.7. The fourth-order valence-electron chi connectivity index (χ4n) is 3.39. The number of H-pyrrole nitrogens is 1. The maximum Gasteiger partial charge on any atom is 0.417 e. The first kappa shape index (κ1) is 19.2. The summed E-state index contributed by atoms with van der Waals surface area (Å²) in [5.41, 5.74) is -0.754. The van der Waals surface area contributed by atoms with Gasteiger partial charge in [0.05, 0.1) is 5.56 Å². The van der Waals surface area contributed by atoms with Gasteiger partial charge in [0.1, 0.15) is 6.54 Å². The molecule has 0 saturated heterocycles. The number of hydrogen-bond donors (Lipinski definition) is 2. The molecule has 0 bridgehead atoms. The molecule has 0 unspecified atom stereocenters. The molecule has 27 heavy (non-hydrogen) atoms. The number of amides is 1. The van der Waals surface area contributed by atoms with E-state index < -0.39 is 29.8 Å². The van der Waals surface area contributed by atoms with Crippen LogP contribution in [0.25, 0.3) is 0 Å². The predicted molar refractivity (Wildman–Crippen MR) is 93.2 cm³/mol. The first-order valence-electron chi connectivity index (χ1n) is 8.93. The number of anilines is 1. The molecule has 3 rings (SSSR count). The second-order valence-electron chi connectivity index (χ2n) is 6.92. The molecule has 6 nitrogen and oxygen atoms in total. The average Bonchev–Trinajstić information content (AvgIpc) is 3.03. The third-order valence-electron chi connectivity index (χ3n) is 4.76. The van der Waals surface area contributed by atoms with E-state index in [1.54, 1.807) is 6.07 Å². The molecule has 1 aliphatic carbocycles. The molecular weight excluding hydrogens is 361 g/mol. The predicted octanol–water partition coefficient (Wildman–Crippen LogP) is 3.35. The number of halogens is 3. The van der Waals surface area contributed by atoms with Gasteiger partial charge in [-0.1, -0.05) is 32.1 Å². The van der Waals surface area contributed by atoms with Crippen molar-refractivity contribution in [1.82, 2.24) is 14.8 Å². The number of carbonyl (C=O) groups excluding carboxylic acids is 1. The lowest BCUT2D eigenvalue weighted by molar-refractivity contribution is -0.138. The zero-order valence-corrected chi connectivity index (χ0v) is 14.7. The van der Waals surface area contributed by atoms with E-state index in [0.717, 1.165) is 22.7 Å². The van der Waals surface area contributed by atoms with Crippen molar-refractivity contribution in [2.45, 2.75) is 51.2 Å². The van der Waals surface area contributed by atoms with E-state index in [2.05, 4.69) is 15.5 Å². The Kier molecular flexibility index (Phi) is 5.67. The van der Waals surface area contributed by atoms with Crippen molar-refractivity contribution in [2.75, 3.05) is 5.32 Å². The molecule has 0 atom stereocenters. The van der Waals surface area contributed by atoms with Crippen LogP contribution in [0.15, 0.2) is 29.2 Å². The van der Waals surface area contributed by atoms with E-state index in [4.69, 9.17) is 0 Å². The summed E-state index contributed by atoms with van der Waals surface area (Å²) in [5, 5.41) is 9.41. The molecule has 0 aliphatic heterocycles. The number of alkyl halides is 3. The summed E-state index contributed by atoms with van der Waals surface area (Å²) >= 11 is 0. The Morgan fingerprint density at radius 2 is 2.00 bits per heavy atom. The van der Waals surface area contributed by atoms with E-state index >= 15 is 0 Å². The van der Waals surface area contributed by atoms with Crippen LogP contribution < -0.4 is 10.9 Å². The van der Waals surface area contributed by atoms with Crippen LogP contribution in [0, 0.1) is 5.92 Å². The maximum atomic E-state index is 12.7. The van der Waals surface area contributed by atoms with Crippen molar-refractivity contribution in [3.63, 3.8) is 0 Å². The fourth-order valence-corrected chi connectivity index (χ4v) is 3.39. The van der Waals surface area contributed by atoms with Crippen molar-refractivity contribution in [2.24, 2.45) is 5.92 Å². The minimum atomic E-state index is -4.58. The molecule has 9 heteroatoms. The molecule has 0 aromatic carbocycles. The topological polar surface area (TPSA) is 79.8 Å². The summed E-state index contributed by atoms with van der Waals surface area (Å²) in [4.78, 5) is 23.8. The fraction of sp³-hybridized carbons (Fsp3) is 0.500. The number of aromatic nitrogens is 3. The van der Waals surface area contributed by atoms with Crippen molar-refractivity contribution in [1.29, 1.82) is 0 Å². The third-order valence-corrected chi connectivity index (χ3v) is 4.76. The van der Waals surface area contributed by atoms with Gasteiger partial charge in [0.2, 0.25) is 5.91 Å². The van der Waals surface area contributed by atoms with Gasteiger partial charge in [-0.25, -0.2) is 0 Å². The maximum absolute atomic E-state index is 12.7. The summed E-state index contributed by atoms with van der Waals surface area (Å²) in [6.07, 6.45) is 3.01. The summed E-state index contributed by atoms with van der Waals surface area (Å²) in [5.74, 6) is 0.282. The van der Waals surface area contributed by atoms with Crippen molar-refractivity contribution in [3.05, 3.63) is 46.0 Å². The van der Waals surface area contributed by atoms with E-state index in [1.165, 1.54) is 32.1 Å². The highest BCUT2D eigenvalue weighted by Crippen LogP contribution is 2.28. The lowest BCUT2D eigenvalue weighted by atomic mass is 9.86.